The van der Waals surface area contributed by atoms with Gasteiger partial charge in [0.05, 0.1) is 18.8 Å². The molecule has 0 bridgehead atoms. The van der Waals surface area contributed by atoms with Gasteiger partial charge in [-0.3, -0.25) is 0 Å². The fourth-order valence-electron chi connectivity index (χ4n) is 1.36. The van der Waals surface area contributed by atoms with Crippen LogP contribution in [0.2, 0.25) is 0 Å². The zero-order chi connectivity index (χ0) is 11.3. The Hall–Kier alpha value is -1.42. The minimum atomic E-state index is 0.0619. The average molecular weight is 207 g/mol. The number of nitrogens with zero attached hydrogens (tertiary/aromatic N) is 2. The van der Waals surface area contributed by atoms with E-state index in [1.54, 1.807) is 7.11 Å². The monoisotopic (exact) mass is 207 g/mol. The molecule has 1 aromatic rings. The van der Waals surface area contributed by atoms with Crippen LogP contribution in [-0.4, -0.2) is 23.6 Å². The van der Waals surface area contributed by atoms with Crippen molar-refractivity contribution in [3.63, 3.8) is 0 Å². The molecule has 15 heavy (non-hydrogen) atoms. The van der Waals surface area contributed by atoms with Crippen molar-refractivity contribution in [3.8, 4) is 5.88 Å². The van der Waals surface area contributed by atoms with Crippen molar-refractivity contribution < 1.29 is 4.74 Å². The maximum absolute atomic E-state index is 5.05. The highest BCUT2D eigenvalue weighted by Gasteiger charge is 2.13. The van der Waals surface area contributed by atoms with Crippen LogP contribution in [0.4, 0.5) is 0 Å². The van der Waals surface area contributed by atoms with Gasteiger partial charge in [0.15, 0.2) is 0 Å². The molecule has 0 saturated carbocycles. The van der Waals surface area contributed by atoms with E-state index in [0.717, 1.165) is 17.8 Å². The van der Waals surface area contributed by atoms with Gasteiger partial charge in [-0.05, 0) is 13.5 Å². The Labute approximate surface area is 90.4 Å². The predicted molar refractivity (Wildman–Crippen MR) is 59.8 cm³/mol. The third-order valence-corrected chi connectivity index (χ3v) is 2.07. The Morgan fingerprint density at radius 3 is 2.87 bits per heavy atom. The Kier molecular flexibility index (Phi) is 4.24. The fraction of sp³-hybridized carbons (Fsp3) is 0.455. The summed E-state index contributed by atoms with van der Waals surface area (Å²) in [6, 6.07) is 1.88. The second kappa shape index (κ2) is 5.46. The van der Waals surface area contributed by atoms with Crippen LogP contribution in [0, 0.1) is 0 Å². The number of aromatic nitrogens is 2. The van der Waals surface area contributed by atoms with E-state index >= 15 is 0 Å². The summed E-state index contributed by atoms with van der Waals surface area (Å²) in [5.41, 5.74) is 1.91. The Bertz CT molecular complexity index is 338. The van der Waals surface area contributed by atoms with Crippen molar-refractivity contribution in [2.24, 2.45) is 0 Å². The molecule has 0 saturated heterocycles. The molecule has 1 unspecified atom stereocenters. The SMILES string of the molecule is C=C(C)C(NCC)c1cc(OC)ncn1. The van der Waals surface area contributed by atoms with Gasteiger partial charge in [0.1, 0.15) is 6.33 Å². The zero-order valence-corrected chi connectivity index (χ0v) is 9.45. The number of rotatable bonds is 5. The number of nitrogens with one attached hydrogen (secondary N) is 1. The van der Waals surface area contributed by atoms with Gasteiger partial charge in [-0.15, -0.1) is 0 Å². The Morgan fingerprint density at radius 2 is 2.33 bits per heavy atom. The first-order valence-electron chi connectivity index (χ1n) is 4.93. The van der Waals surface area contributed by atoms with E-state index in [9.17, 15) is 0 Å². The maximum atomic E-state index is 5.05. The van der Waals surface area contributed by atoms with Gasteiger partial charge in [-0.1, -0.05) is 19.1 Å². The minimum absolute atomic E-state index is 0.0619. The summed E-state index contributed by atoms with van der Waals surface area (Å²) < 4.78 is 5.05. The number of hydrogen-bond donors (Lipinski definition) is 1. The smallest absolute Gasteiger partial charge is 0.216 e. The largest absolute Gasteiger partial charge is 0.481 e. The number of ether oxygens (including phenoxy) is 1. The number of hydrogen-bond acceptors (Lipinski definition) is 4. The van der Waals surface area contributed by atoms with Crippen LogP contribution in [0.15, 0.2) is 24.5 Å². The topological polar surface area (TPSA) is 47.0 Å². The van der Waals surface area contributed by atoms with Crippen molar-refractivity contribution in [1.29, 1.82) is 0 Å². The molecular formula is C11H17N3O. The molecule has 1 heterocycles. The Morgan fingerprint density at radius 1 is 1.60 bits per heavy atom. The zero-order valence-electron chi connectivity index (χ0n) is 9.45. The van der Waals surface area contributed by atoms with Crippen molar-refractivity contribution in [2.75, 3.05) is 13.7 Å². The number of likely N-dealkylation sites (N-methyl/N-ethyl adjacent to an activating group) is 1. The molecule has 0 aliphatic heterocycles. The third-order valence-electron chi connectivity index (χ3n) is 2.07. The van der Waals surface area contributed by atoms with Gasteiger partial charge >= 0.3 is 0 Å². The van der Waals surface area contributed by atoms with Gasteiger partial charge in [0.2, 0.25) is 5.88 Å². The summed E-state index contributed by atoms with van der Waals surface area (Å²) in [5, 5.41) is 3.30. The first-order valence-corrected chi connectivity index (χ1v) is 4.93. The molecule has 1 rings (SSSR count). The molecule has 0 spiro atoms. The second-order valence-corrected chi connectivity index (χ2v) is 3.32. The molecule has 4 heteroatoms. The van der Waals surface area contributed by atoms with Crippen LogP contribution < -0.4 is 10.1 Å². The number of methoxy groups -OCH3 is 1. The third kappa shape index (κ3) is 3.02. The van der Waals surface area contributed by atoms with E-state index < -0.39 is 0 Å². The van der Waals surface area contributed by atoms with Crippen LogP contribution in [0.5, 0.6) is 5.88 Å². The lowest BCUT2D eigenvalue weighted by atomic mass is 10.1. The lowest BCUT2D eigenvalue weighted by Gasteiger charge is -2.17. The summed E-state index contributed by atoms with van der Waals surface area (Å²) in [4.78, 5) is 8.18. The van der Waals surface area contributed by atoms with Gasteiger partial charge in [0.25, 0.3) is 0 Å². The molecule has 0 amide bonds. The van der Waals surface area contributed by atoms with Crippen LogP contribution in [0.25, 0.3) is 0 Å². The van der Waals surface area contributed by atoms with Gasteiger partial charge in [-0.2, -0.15) is 0 Å². The second-order valence-electron chi connectivity index (χ2n) is 3.32. The van der Waals surface area contributed by atoms with E-state index in [-0.39, 0.29) is 6.04 Å². The molecule has 1 atom stereocenters. The molecule has 0 radical (unpaired) electrons. The predicted octanol–water partition coefficient (Wildman–Crippen LogP) is 1.71. The summed E-state index contributed by atoms with van der Waals surface area (Å²) in [6.45, 7) is 8.83. The van der Waals surface area contributed by atoms with E-state index in [2.05, 4.69) is 21.9 Å². The normalized spacial score (nSPS) is 12.2. The molecule has 0 aliphatic rings. The lowest BCUT2D eigenvalue weighted by Crippen LogP contribution is -2.22. The highest BCUT2D eigenvalue weighted by Crippen LogP contribution is 2.19. The Balaban J connectivity index is 2.94. The van der Waals surface area contributed by atoms with Crippen molar-refractivity contribution in [1.82, 2.24) is 15.3 Å². The van der Waals surface area contributed by atoms with Crippen LogP contribution in [0.1, 0.15) is 25.6 Å². The van der Waals surface area contributed by atoms with E-state index in [4.69, 9.17) is 4.74 Å². The molecule has 4 nitrogen and oxygen atoms in total. The molecule has 1 aromatic heterocycles. The molecule has 82 valence electrons. The highest BCUT2D eigenvalue weighted by atomic mass is 16.5. The average Bonchev–Trinajstić information content (AvgIpc) is 2.25. The van der Waals surface area contributed by atoms with Crippen molar-refractivity contribution in [3.05, 3.63) is 30.2 Å². The van der Waals surface area contributed by atoms with E-state index in [1.807, 2.05) is 19.9 Å². The van der Waals surface area contributed by atoms with Gasteiger partial charge in [0, 0.05) is 6.07 Å². The minimum Gasteiger partial charge on any atom is -0.481 e. The fourth-order valence-corrected chi connectivity index (χ4v) is 1.36. The van der Waals surface area contributed by atoms with Gasteiger partial charge < -0.3 is 10.1 Å². The first kappa shape index (κ1) is 11.7. The molecular weight excluding hydrogens is 190 g/mol. The van der Waals surface area contributed by atoms with Crippen LogP contribution >= 0.6 is 0 Å². The van der Waals surface area contributed by atoms with Crippen molar-refractivity contribution in [2.45, 2.75) is 19.9 Å². The van der Waals surface area contributed by atoms with E-state index in [0.29, 0.717) is 5.88 Å². The summed E-state index contributed by atoms with van der Waals surface area (Å²) in [6.07, 6.45) is 1.50. The quantitative estimate of drug-likeness (QED) is 0.747. The highest BCUT2D eigenvalue weighted by molar-refractivity contribution is 5.23. The molecule has 0 aliphatic carbocycles. The van der Waals surface area contributed by atoms with Crippen LogP contribution in [0.3, 0.4) is 0 Å². The molecule has 1 N–H and O–H groups in total. The standard InChI is InChI=1S/C11H17N3O/c1-5-12-11(8(2)3)9-6-10(15-4)14-7-13-9/h6-7,11-12H,2,5H2,1,3-4H3. The van der Waals surface area contributed by atoms with Gasteiger partial charge in [-0.25, -0.2) is 9.97 Å². The molecule has 0 fully saturated rings. The maximum Gasteiger partial charge on any atom is 0.216 e. The summed E-state index contributed by atoms with van der Waals surface area (Å²) in [7, 11) is 1.59. The summed E-state index contributed by atoms with van der Waals surface area (Å²) >= 11 is 0. The lowest BCUT2D eigenvalue weighted by molar-refractivity contribution is 0.395. The van der Waals surface area contributed by atoms with Crippen LogP contribution in [-0.2, 0) is 0 Å². The van der Waals surface area contributed by atoms with E-state index in [1.165, 1.54) is 6.33 Å². The summed E-state index contributed by atoms with van der Waals surface area (Å²) in [5.74, 6) is 0.573. The van der Waals surface area contributed by atoms with Crippen molar-refractivity contribution >= 4 is 0 Å². The first-order chi connectivity index (χ1) is 7.19. The molecule has 0 aromatic carbocycles.